The molecule has 0 bridgehead atoms. The molecule has 82 valence electrons. The van der Waals surface area contributed by atoms with E-state index in [-0.39, 0.29) is 11.9 Å². The summed E-state index contributed by atoms with van der Waals surface area (Å²) in [4.78, 5) is 11.4. The van der Waals surface area contributed by atoms with E-state index >= 15 is 0 Å². The molecule has 14 heavy (non-hydrogen) atoms. The third-order valence-electron chi connectivity index (χ3n) is 2.50. The van der Waals surface area contributed by atoms with Crippen molar-refractivity contribution in [2.24, 2.45) is 0 Å². The lowest BCUT2D eigenvalue weighted by atomic mass is 10.2. The van der Waals surface area contributed by atoms with Gasteiger partial charge in [-0.25, -0.2) is 0 Å². The van der Waals surface area contributed by atoms with Crippen LogP contribution in [0.5, 0.6) is 0 Å². The second kappa shape index (κ2) is 5.98. The lowest BCUT2D eigenvalue weighted by Crippen LogP contribution is -2.42. The molecule has 4 heteroatoms. The van der Waals surface area contributed by atoms with Crippen molar-refractivity contribution >= 4 is 5.91 Å². The molecular weight excluding hydrogens is 180 g/mol. The molecular formula is C10H20N2O2. The van der Waals surface area contributed by atoms with Gasteiger partial charge in [-0.05, 0) is 19.8 Å². The maximum Gasteiger partial charge on any atom is 0.234 e. The minimum Gasteiger partial charge on any atom is -0.380 e. The van der Waals surface area contributed by atoms with E-state index in [1.165, 1.54) is 0 Å². The molecule has 0 aliphatic carbocycles. The molecule has 2 N–H and O–H groups in total. The standard InChI is InChI=1S/C10H20N2O2/c1-3-8(2)12-10(13)6-11-9-4-5-14-7-9/h8-9,11H,3-7H2,1-2H3,(H,12,13). The van der Waals surface area contributed by atoms with Gasteiger partial charge in [-0.15, -0.1) is 0 Å². The van der Waals surface area contributed by atoms with Crippen LogP contribution < -0.4 is 10.6 Å². The number of hydrogen-bond acceptors (Lipinski definition) is 3. The summed E-state index contributed by atoms with van der Waals surface area (Å²) in [7, 11) is 0. The molecule has 1 aliphatic heterocycles. The van der Waals surface area contributed by atoms with Gasteiger partial charge in [0.1, 0.15) is 0 Å². The summed E-state index contributed by atoms with van der Waals surface area (Å²) in [5.41, 5.74) is 0. The van der Waals surface area contributed by atoms with Crippen molar-refractivity contribution in [2.45, 2.75) is 38.8 Å². The summed E-state index contributed by atoms with van der Waals surface area (Å²) >= 11 is 0. The van der Waals surface area contributed by atoms with Crippen molar-refractivity contribution in [1.29, 1.82) is 0 Å². The summed E-state index contributed by atoms with van der Waals surface area (Å²) in [5.74, 6) is 0.0752. The molecule has 0 aromatic carbocycles. The van der Waals surface area contributed by atoms with E-state index in [0.29, 0.717) is 12.6 Å². The first-order valence-electron chi connectivity index (χ1n) is 5.33. The van der Waals surface area contributed by atoms with Crippen LogP contribution in [0.25, 0.3) is 0 Å². The highest BCUT2D eigenvalue weighted by Gasteiger charge is 2.15. The first-order valence-corrected chi connectivity index (χ1v) is 5.33. The first kappa shape index (κ1) is 11.5. The maximum absolute atomic E-state index is 11.4. The highest BCUT2D eigenvalue weighted by molar-refractivity contribution is 5.78. The molecule has 1 amide bonds. The van der Waals surface area contributed by atoms with Crippen molar-refractivity contribution in [1.82, 2.24) is 10.6 Å². The van der Waals surface area contributed by atoms with Crippen LogP contribution in [-0.4, -0.2) is 37.7 Å². The number of ether oxygens (including phenoxy) is 1. The molecule has 1 rings (SSSR count). The Hall–Kier alpha value is -0.610. The summed E-state index contributed by atoms with van der Waals surface area (Å²) in [6, 6.07) is 0.627. The third kappa shape index (κ3) is 4.07. The molecule has 0 spiro atoms. The van der Waals surface area contributed by atoms with Crippen LogP contribution in [0, 0.1) is 0 Å². The van der Waals surface area contributed by atoms with E-state index in [1.54, 1.807) is 0 Å². The van der Waals surface area contributed by atoms with Gasteiger partial charge in [0, 0.05) is 18.7 Å². The molecule has 1 saturated heterocycles. The quantitative estimate of drug-likeness (QED) is 0.670. The van der Waals surface area contributed by atoms with Crippen LogP contribution in [0.3, 0.4) is 0 Å². The van der Waals surface area contributed by atoms with Crippen LogP contribution in [0.1, 0.15) is 26.7 Å². The predicted octanol–water partition coefficient (Wildman–Crippen LogP) is 0.280. The van der Waals surface area contributed by atoms with Crippen LogP contribution in [0.4, 0.5) is 0 Å². The van der Waals surface area contributed by atoms with Gasteiger partial charge in [0.05, 0.1) is 13.2 Å². The predicted molar refractivity (Wildman–Crippen MR) is 55.1 cm³/mol. The van der Waals surface area contributed by atoms with Crippen LogP contribution in [0.15, 0.2) is 0 Å². The van der Waals surface area contributed by atoms with Crippen molar-refractivity contribution in [3.8, 4) is 0 Å². The maximum atomic E-state index is 11.4. The fourth-order valence-electron chi connectivity index (χ4n) is 1.36. The number of rotatable bonds is 5. The fraction of sp³-hybridized carbons (Fsp3) is 0.900. The molecule has 2 atom stereocenters. The topological polar surface area (TPSA) is 50.4 Å². The van der Waals surface area contributed by atoms with Gasteiger partial charge in [-0.3, -0.25) is 4.79 Å². The second-order valence-electron chi connectivity index (χ2n) is 3.82. The van der Waals surface area contributed by atoms with Crippen LogP contribution >= 0.6 is 0 Å². The Balaban J connectivity index is 2.08. The Kier molecular flexibility index (Phi) is 4.90. The van der Waals surface area contributed by atoms with E-state index in [4.69, 9.17) is 4.74 Å². The Morgan fingerprint density at radius 2 is 2.43 bits per heavy atom. The Bertz CT molecular complexity index is 179. The van der Waals surface area contributed by atoms with Gasteiger partial charge in [0.2, 0.25) is 5.91 Å². The van der Waals surface area contributed by atoms with Gasteiger partial charge >= 0.3 is 0 Å². The minimum absolute atomic E-state index is 0.0752. The van der Waals surface area contributed by atoms with Crippen molar-refractivity contribution in [3.05, 3.63) is 0 Å². The molecule has 1 aliphatic rings. The summed E-state index contributed by atoms with van der Waals surface area (Å²) in [6.07, 6.45) is 1.98. The molecule has 0 saturated carbocycles. The van der Waals surface area contributed by atoms with Gasteiger partial charge in [0.15, 0.2) is 0 Å². The molecule has 0 radical (unpaired) electrons. The highest BCUT2D eigenvalue weighted by atomic mass is 16.5. The van der Waals surface area contributed by atoms with Gasteiger partial charge in [-0.2, -0.15) is 0 Å². The number of carbonyl (C=O) groups is 1. The molecule has 4 nitrogen and oxygen atoms in total. The third-order valence-corrected chi connectivity index (χ3v) is 2.50. The number of nitrogens with one attached hydrogen (secondary N) is 2. The van der Waals surface area contributed by atoms with Gasteiger partial charge in [-0.1, -0.05) is 6.92 Å². The van der Waals surface area contributed by atoms with Crippen molar-refractivity contribution < 1.29 is 9.53 Å². The summed E-state index contributed by atoms with van der Waals surface area (Å²) in [6.45, 7) is 6.01. The minimum atomic E-state index is 0.0752. The smallest absolute Gasteiger partial charge is 0.234 e. The van der Waals surface area contributed by atoms with Gasteiger partial charge in [0.25, 0.3) is 0 Å². The van der Waals surface area contributed by atoms with E-state index < -0.39 is 0 Å². The van der Waals surface area contributed by atoms with Crippen molar-refractivity contribution in [3.63, 3.8) is 0 Å². The second-order valence-corrected chi connectivity index (χ2v) is 3.82. The number of amides is 1. The number of carbonyl (C=O) groups excluding carboxylic acids is 1. The number of hydrogen-bond donors (Lipinski definition) is 2. The van der Waals surface area contributed by atoms with E-state index in [0.717, 1.165) is 26.1 Å². The van der Waals surface area contributed by atoms with E-state index in [9.17, 15) is 4.79 Å². The molecule has 0 aromatic heterocycles. The zero-order valence-corrected chi connectivity index (χ0v) is 9.01. The monoisotopic (exact) mass is 200 g/mol. The largest absolute Gasteiger partial charge is 0.380 e. The lowest BCUT2D eigenvalue weighted by molar-refractivity contribution is -0.121. The Morgan fingerprint density at radius 3 is 3.00 bits per heavy atom. The fourth-order valence-corrected chi connectivity index (χ4v) is 1.36. The Labute approximate surface area is 85.4 Å². The van der Waals surface area contributed by atoms with Crippen LogP contribution in [-0.2, 0) is 9.53 Å². The van der Waals surface area contributed by atoms with Crippen LogP contribution in [0.2, 0.25) is 0 Å². The molecule has 2 unspecified atom stereocenters. The zero-order valence-electron chi connectivity index (χ0n) is 9.01. The summed E-state index contributed by atoms with van der Waals surface area (Å²) in [5, 5.41) is 6.09. The normalized spacial score (nSPS) is 23.4. The molecule has 0 aromatic rings. The lowest BCUT2D eigenvalue weighted by Gasteiger charge is -2.13. The van der Waals surface area contributed by atoms with Gasteiger partial charge < -0.3 is 15.4 Å². The zero-order chi connectivity index (χ0) is 10.4. The Morgan fingerprint density at radius 1 is 1.64 bits per heavy atom. The van der Waals surface area contributed by atoms with Crippen molar-refractivity contribution in [2.75, 3.05) is 19.8 Å². The molecule has 1 heterocycles. The highest BCUT2D eigenvalue weighted by Crippen LogP contribution is 2.02. The SMILES string of the molecule is CCC(C)NC(=O)CNC1CCOC1. The van der Waals surface area contributed by atoms with E-state index in [2.05, 4.69) is 17.6 Å². The molecule has 1 fully saturated rings. The average molecular weight is 200 g/mol. The first-order chi connectivity index (χ1) is 6.72. The van der Waals surface area contributed by atoms with E-state index in [1.807, 2.05) is 6.92 Å². The summed E-state index contributed by atoms with van der Waals surface area (Å²) < 4.78 is 5.20. The average Bonchev–Trinajstić information content (AvgIpc) is 2.67.